The molecule has 0 aromatic rings. The molecular formula is C30H48O6. The van der Waals surface area contributed by atoms with Crippen molar-refractivity contribution in [3.8, 4) is 0 Å². The van der Waals surface area contributed by atoms with Gasteiger partial charge in [-0.15, -0.1) is 0 Å². The number of aliphatic hydroxyl groups is 4. The molecule has 0 aromatic heterocycles. The summed E-state index contributed by atoms with van der Waals surface area (Å²) in [5, 5.41) is 45.7. The Morgan fingerprint density at radius 2 is 1.72 bits per heavy atom. The SMILES string of the molecule is C=C(C)C(O)CC[C@](C)(O)[C@H]1CC[C@]2(C)C1C(=O)CC1[C@@]3(C)CCC(=O)C(C)(C)[C@]3(O)[C@@H](O)C[C@]12C. The first kappa shape index (κ1) is 27.9. The van der Waals surface area contributed by atoms with Crippen molar-refractivity contribution in [1.29, 1.82) is 0 Å². The predicted molar refractivity (Wildman–Crippen MR) is 138 cm³/mol. The monoisotopic (exact) mass is 504 g/mol. The van der Waals surface area contributed by atoms with E-state index in [1.807, 2.05) is 6.92 Å². The van der Waals surface area contributed by atoms with Gasteiger partial charge in [0.25, 0.3) is 0 Å². The van der Waals surface area contributed by atoms with Gasteiger partial charge in [-0.25, -0.2) is 0 Å². The van der Waals surface area contributed by atoms with Crippen molar-refractivity contribution in [2.75, 3.05) is 0 Å². The fraction of sp³-hybridized carbons (Fsp3) is 0.867. The third-order valence-electron chi connectivity index (χ3n) is 12.4. The highest BCUT2D eigenvalue weighted by atomic mass is 16.3. The quantitative estimate of drug-likeness (QED) is 0.421. The summed E-state index contributed by atoms with van der Waals surface area (Å²) in [7, 11) is 0. The molecule has 0 heterocycles. The van der Waals surface area contributed by atoms with Gasteiger partial charge < -0.3 is 20.4 Å². The molecule has 0 bridgehead atoms. The second kappa shape index (κ2) is 8.21. The van der Waals surface area contributed by atoms with Crippen molar-refractivity contribution in [3.05, 3.63) is 12.2 Å². The summed E-state index contributed by atoms with van der Waals surface area (Å²) in [5.41, 5.74) is -4.84. The van der Waals surface area contributed by atoms with Crippen LogP contribution >= 0.6 is 0 Å². The normalized spacial score (nSPS) is 48.4. The van der Waals surface area contributed by atoms with E-state index in [2.05, 4.69) is 20.4 Å². The van der Waals surface area contributed by atoms with Gasteiger partial charge in [-0.2, -0.15) is 0 Å². The molecule has 4 aliphatic carbocycles. The molecule has 4 fully saturated rings. The zero-order valence-electron chi connectivity index (χ0n) is 23.4. The van der Waals surface area contributed by atoms with E-state index in [4.69, 9.17) is 0 Å². The Morgan fingerprint density at radius 3 is 2.31 bits per heavy atom. The maximum Gasteiger partial charge on any atom is 0.141 e. The van der Waals surface area contributed by atoms with Crippen LogP contribution in [0.1, 0.15) is 99.8 Å². The van der Waals surface area contributed by atoms with E-state index in [1.54, 1.807) is 27.7 Å². The van der Waals surface area contributed by atoms with Gasteiger partial charge in [0.1, 0.15) is 17.2 Å². The summed E-state index contributed by atoms with van der Waals surface area (Å²) in [6, 6.07) is 0. The van der Waals surface area contributed by atoms with Crippen molar-refractivity contribution in [2.24, 2.45) is 39.4 Å². The molecule has 0 saturated heterocycles. The Kier molecular flexibility index (Phi) is 6.37. The number of hydrogen-bond donors (Lipinski definition) is 4. The van der Waals surface area contributed by atoms with E-state index in [1.165, 1.54) is 0 Å². The Morgan fingerprint density at radius 1 is 1.11 bits per heavy atom. The van der Waals surface area contributed by atoms with Gasteiger partial charge in [0, 0.05) is 24.2 Å². The van der Waals surface area contributed by atoms with Crippen LogP contribution in [0.3, 0.4) is 0 Å². The zero-order valence-corrected chi connectivity index (χ0v) is 23.4. The standard InChI is InChI=1S/C30H48O6/c1-17(2)19(31)10-14-29(8,35)18-9-12-27(6)24(18)20(32)15-21-26(5)13-11-22(33)25(3,4)30(26,36)23(34)16-28(21,27)7/h18-19,21,23-24,31,34-36H,1,9-16H2,2-8H3/t18-,19?,21?,23-,24?,26+,27+,28+,29-,30+/m0/s1. The number of carbonyl (C=O) groups excluding carboxylic acids is 2. The number of fused-ring (bicyclic) bond motifs is 5. The highest BCUT2D eigenvalue weighted by Crippen LogP contribution is 2.75. The van der Waals surface area contributed by atoms with E-state index >= 15 is 0 Å². The van der Waals surface area contributed by atoms with E-state index < -0.39 is 45.1 Å². The molecule has 3 unspecified atom stereocenters. The first-order valence-corrected chi connectivity index (χ1v) is 13.8. The van der Waals surface area contributed by atoms with Crippen LogP contribution in [0.4, 0.5) is 0 Å². The second-order valence-corrected chi connectivity index (χ2v) is 14.4. The molecule has 10 atom stereocenters. The van der Waals surface area contributed by atoms with Gasteiger partial charge in [0.2, 0.25) is 0 Å². The van der Waals surface area contributed by atoms with E-state index in [9.17, 15) is 30.0 Å². The highest BCUT2D eigenvalue weighted by molar-refractivity contribution is 5.88. The van der Waals surface area contributed by atoms with Crippen LogP contribution in [-0.4, -0.2) is 55.4 Å². The largest absolute Gasteiger partial charge is 0.390 e. The van der Waals surface area contributed by atoms with Crippen LogP contribution in [0.5, 0.6) is 0 Å². The average Bonchev–Trinajstić information content (AvgIpc) is 3.16. The van der Waals surface area contributed by atoms with Crippen molar-refractivity contribution >= 4 is 11.6 Å². The minimum atomic E-state index is -1.61. The van der Waals surface area contributed by atoms with Gasteiger partial charge in [0.05, 0.1) is 23.2 Å². The lowest BCUT2D eigenvalue weighted by Crippen LogP contribution is -2.77. The van der Waals surface area contributed by atoms with Crippen LogP contribution in [0.15, 0.2) is 12.2 Å². The van der Waals surface area contributed by atoms with Crippen LogP contribution < -0.4 is 0 Å². The molecule has 0 aromatic carbocycles. The summed E-state index contributed by atoms with van der Waals surface area (Å²) in [5.74, 6) is -0.673. The maximum absolute atomic E-state index is 14.0. The molecule has 6 heteroatoms. The molecule has 4 saturated carbocycles. The smallest absolute Gasteiger partial charge is 0.141 e. The van der Waals surface area contributed by atoms with Crippen LogP contribution in [0.25, 0.3) is 0 Å². The minimum Gasteiger partial charge on any atom is -0.390 e. The molecule has 4 N–H and O–H groups in total. The Labute approximate surface area is 216 Å². The molecule has 0 amide bonds. The highest BCUT2D eigenvalue weighted by Gasteiger charge is 2.77. The zero-order chi connectivity index (χ0) is 27.3. The first-order valence-electron chi connectivity index (χ1n) is 13.8. The molecule has 0 aliphatic heterocycles. The molecule has 36 heavy (non-hydrogen) atoms. The maximum atomic E-state index is 14.0. The topological polar surface area (TPSA) is 115 Å². The van der Waals surface area contributed by atoms with Gasteiger partial charge in [-0.3, -0.25) is 9.59 Å². The number of carbonyl (C=O) groups is 2. The van der Waals surface area contributed by atoms with Gasteiger partial charge >= 0.3 is 0 Å². The van der Waals surface area contributed by atoms with Gasteiger partial charge in [-0.05, 0) is 75.0 Å². The third-order valence-corrected chi connectivity index (χ3v) is 12.4. The average molecular weight is 505 g/mol. The lowest BCUT2D eigenvalue weighted by atomic mass is 9.33. The summed E-state index contributed by atoms with van der Waals surface area (Å²) in [6.07, 6.45) is 1.86. The van der Waals surface area contributed by atoms with Crippen LogP contribution in [-0.2, 0) is 9.59 Å². The molecular weight excluding hydrogens is 456 g/mol. The van der Waals surface area contributed by atoms with E-state index in [0.717, 1.165) is 6.42 Å². The third kappa shape index (κ3) is 3.29. The lowest BCUT2D eigenvalue weighted by Gasteiger charge is -2.72. The Balaban J connectivity index is 1.73. The Hall–Kier alpha value is -1.08. The summed E-state index contributed by atoms with van der Waals surface area (Å²) in [6.45, 7) is 17.2. The summed E-state index contributed by atoms with van der Waals surface area (Å²) in [4.78, 5) is 27.0. The van der Waals surface area contributed by atoms with Crippen molar-refractivity contribution in [2.45, 2.75) is 123 Å². The molecule has 0 spiro atoms. The number of Topliss-reactive ketones (excluding diaryl/α,β-unsaturated/α-hetero) is 2. The first-order chi connectivity index (χ1) is 16.3. The molecule has 0 radical (unpaired) electrons. The van der Waals surface area contributed by atoms with Crippen molar-refractivity contribution < 1.29 is 30.0 Å². The predicted octanol–water partition coefficient (Wildman–Crippen LogP) is 3.97. The number of hydrogen-bond acceptors (Lipinski definition) is 6. The fourth-order valence-corrected chi connectivity index (χ4v) is 9.82. The van der Waals surface area contributed by atoms with E-state index in [0.29, 0.717) is 44.1 Å². The second-order valence-electron chi connectivity index (χ2n) is 14.4. The lowest BCUT2D eigenvalue weighted by molar-refractivity contribution is -0.307. The minimum absolute atomic E-state index is 0.0368. The number of rotatable bonds is 5. The van der Waals surface area contributed by atoms with Crippen LogP contribution in [0, 0.1) is 39.4 Å². The molecule has 204 valence electrons. The Bertz CT molecular complexity index is 968. The molecule has 4 rings (SSSR count). The summed E-state index contributed by atoms with van der Waals surface area (Å²) < 4.78 is 0. The fourth-order valence-electron chi connectivity index (χ4n) is 9.82. The van der Waals surface area contributed by atoms with Crippen LogP contribution in [0.2, 0.25) is 0 Å². The van der Waals surface area contributed by atoms with Crippen molar-refractivity contribution in [1.82, 2.24) is 0 Å². The van der Waals surface area contributed by atoms with E-state index in [-0.39, 0.29) is 35.7 Å². The van der Waals surface area contributed by atoms with Crippen molar-refractivity contribution in [3.63, 3.8) is 0 Å². The van der Waals surface area contributed by atoms with Gasteiger partial charge in [-0.1, -0.05) is 46.8 Å². The van der Waals surface area contributed by atoms with Gasteiger partial charge in [0.15, 0.2) is 0 Å². The molecule has 6 nitrogen and oxygen atoms in total. The number of aliphatic hydroxyl groups excluding tert-OH is 2. The summed E-state index contributed by atoms with van der Waals surface area (Å²) >= 11 is 0. The molecule has 4 aliphatic rings. The number of ketones is 2.